The summed E-state index contributed by atoms with van der Waals surface area (Å²) < 4.78 is 8.68. The van der Waals surface area contributed by atoms with Crippen molar-refractivity contribution in [2.45, 2.75) is 32.4 Å². The largest absolute Gasteiger partial charge is 0.356 e. The first kappa shape index (κ1) is 11.2. The summed E-state index contributed by atoms with van der Waals surface area (Å²) in [6.07, 6.45) is 5.27. The van der Waals surface area contributed by atoms with Crippen LogP contribution in [0, 0.1) is 6.92 Å². The van der Waals surface area contributed by atoms with Crippen molar-refractivity contribution in [1.29, 1.82) is 0 Å². The molecule has 1 saturated heterocycles. The third-order valence-corrected chi connectivity index (χ3v) is 3.93. The van der Waals surface area contributed by atoms with Gasteiger partial charge in [0.05, 0.1) is 11.9 Å². The molecule has 0 amide bonds. The average Bonchev–Trinajstić information content (AvgIpc) is 2.74. The van der Waals surface area contributed by atoms with Gasteiger partial charge in [-0.2, -0.15) is 5.10 Å². The molecule has 0 N–H and O–H groups in total. The molecule has 1 atom stereocenters. The molecule has 0 aliphatic carbocycles. The zero-order valence-electron chi connectivity index (χ0n) is 9.69. The Kier molecular flexibility index (Phi) is 2.88. The van der Waals surface area contributed by atoms with Crippen molar-refractivity contribution < 1.29 is 4.74 Å². The average molecular weight is 296 g/mol. The van der Waals surface area contributed by atoms with Gasteiger partial charge in [-0.15, -0.1) is 0 Å². The highest BCUT2D eigenvalue weighted by Crippen LogP contribution is 2.27. The highest BCUT2D eigenvalue weighted by atomic mass is 79.9. The van der Waals surface area contributed by atoms with Crippen LogP contribution in [0.5, 0.6) is 0 Å². The third-order valence-electron chi connectivity index (χ3n) is 3.13. The second kappa shape index (κ2) is 4.38. The van der Waals surface area contributed by atoms with Crippen molar-refractivity contribution in [3.8, 4) is 0 Å². The summed E-state index contributed by atoms with van der Waals surface area (Å²) in [7, 11) is 0. The molecule has 3 heterocycles. The van der Waals surface area contributed by atoms with Gasteiger partial charge in [-0.05, 0) is 48.2 Å². The van der Waals surface area contributed by atoms with Gasteiger partial charge in [0.15, 0.2) is 11.9 Å². The lowest BCUT2D eigenvalue weighted by atomic mass is 10.2. The van der Waals surface area contributed by atoms with Gasteiger partial charge in [-0.1, -0.05) is 0 Å². The van der Waals surface area contributed by atoms with E-state index in [9.17, 15) is 0 Å². The summed E-state index contributed by atoms with van der Waals surface area (Å²) in [5.41, 5.74) is 1.90. The lowest BCUT2D eigenvalue weighted by molar-refractivity contribution is -0.0370. The van der Waals surface area contributed by atoms with E-state index in [4.69, 9.17) is 4.74 Å². The predicted octanol–water partition coefficient (Wildman–Crippen LogP) is 3.20. The lowest BCUT2D eigenvalue weighted by Gasteiger charge is -2.23. The third kappa shape index (κ3) is 1.98. The first-order valence-corrected chi connectivity index (χ1v) is 6.67. The minimum Gasteiger partial charge on any atom is -0.356 e. The summed E-state index contributed by atoms with van der Waals surface area (Å²) >= 11 is 3.49. The molecule has 0 aromatic carbocycles. The molecule has 1 aliphatic rings. The van der Waals surface area contributed by atoms with E-state index in [-0.39, 0.29) is 6.23 Å². The summed E-state index contributed by atoms with van der Waals surface area (Å²) in [5, 5.41) is 5.46. The van der Waals surface area contributed by atoms with Crippen molar-refractivity contribution in [3.05, 3.63) is 22.4 Å². The van der Waals surface area contributed by atoms with Gasteiger partial charge in [0.25, 0.3) is 0 Å². The van der Waals surface area contributed by atoms with Crippen molar-refractivity contribution in [2.75, 3.05) is 6.61 Å². The van der Waals surface area contributed by atoms with Crippen LogP contribution in [0.2, 0.25) is 0 Å². The Labute approximate surface area is 108 Å². The Morgan fingerprint density at radius 1 is 1.47 bits per heavy atom. The van der Waals surface area contributed by atoms with Gasteiger partial charge < -0.3 is 4.74 Å². The van der Waals surface area contributed by atoms with E-state index < -0.39 is 0 Å². The maximum atomic E-state index is 5.75. The van der Waals surface area contributed by atoms with Crippen LogP contribution in [0.3, 0.4) is 0 Å². The Bertz CT molecular complexity index is 546. The number of hydrogen-bond acceptors (Lipinski definition) is 3. The van der Waals surface area contributed by atoms with Crippen LogP contribution in [-0.4, -0.2) is 21.4 Å². The summed E-state index contributed by atoms with van der Waals surface area (Å²) in [5.74, 6) is 0. The normalized spacial score (nSPS) is 20.9. The van der Waals surface area contributed by atoms with E-state index >= 15 is 0 Å². The van der Waals surface area contributed by atoms with Crippen molar-refractivity contribution in [1.82, 2.24) is 14.8 Å². The highest BCUT2D eigenvalue weighted by molar-refractivity contribution is 9.10. The SMILES string of the molecule is Cc1nc2c(cnn2C2CCCCO2)cc1Br. The maximum Gasteiger partial charge on any atom is 0.160 e. The number of rotatable bonds is 1. The van der Waals surface area contributed by atoms with E-state index in [1.807, 2.05) is 17.8 Å². The molecular formula is C12H14BrN3O. The minimum atomic E-state index is 0.0503. The number of aryl methyl sites for hydroxylation is 1. The summed E-state index contributed by atoms with van der Waals surface area (Å²) in [6, 6.07) is 2.06. The fourth-order valence-electron chi connectivity index (χ4n) is 2.17. The second-order valence-electron chi connectivity index (χ2n) is 4.38. The number of fused-ring (bicyclic) bond motifs is 1. The molecule has 5 heteroatoms. The molecule has 1 aliphatic heterocycles. The molecule has 90 valence electrons. The molecule has 17 heavy (non-hydrogen) atoms. The minimum absolute atomic E-state index is 0.0503. The predicted molar refractivity (Wildman–Crippen MR) is 68.8 cm³/mol. The quantitative estimate of drug-likeness (QED) is 0.811. The fraction of sp³-hybridized carbons (Fsp3) is 0.500. The number of aromatic nitrogens is 3. The van der Waals surface area contributed by atoms with E-state index in [0.717, 1.165) is 40.6 Å². The van der Waals surface area contributed by atoms with Crippen molar-refractivity contribution in [2.24, 2.45) is 0 Å². The van der Waals surface area contributed by atoms with Gasteiger partial charge >= 0.3 is 0 Å². The molecule has 2 aromatic rings. The number of hydrogen-bond donors (Lipinski definition) is 0. The molecule has 1 unspecified atom stereocenters. The zero-order valence-corrected chi connectivity index (χ0v) is 11.3. The van der Waals surface area contributed by atoms with Crippen molar-refractivity contribution >= 4 is 27.0 Å². The molecule has 3 rings (SSSR count). The van der Waals surface area contributed by atoms with Gasteiger partial charge in [0.2, 0.25) is 0 Å². The Morgan fingerprint density at radius 2 is 2.35 bits per heavy atom. The van der Waals surface area contributed by atoms with Gasteiger partial charge in [0.1, 0.15) is 0 Å². The van der Waals surface area contributed by atoms with Crippen LogP contribution >= 0.6 is 15.9 Å². The Balaban J connectivity index is 2.07. The first-order chi connectivity index (χ1) is 8.25. The standard InChI is InChI=1S/C12H14BrN3O/c1-8-10(13)6-9-7-14-16(12(9)15-8)11-4-2-3-5-17-11/h6-7,11H,2-5H2,1H3. The first-order valence-electron chi connectivity index (χ1n) is 5.87. The number of halogens is 1. The topological polar surface area (TPSA) is 39.9 Å². The fourth-order valence-corrected chi connectivity index (χ4v) is 2.50. The Hall–Kier alpha value is -0.940. The number of pyridine rings is 1. The van der Waals surface area contributed by atoms with E-state index in [1.54, 1.807) is 0 Å². The molecule has 0 bridgehead atoms. The summed E-state index contributed by atoms with van der Waals surface area (Å²) in [4.78, 5) is 4.58. The Morgan fingerprint density at radius 3 is 3.12 bits per heavy atom. The molecular weight excluding hydrogens is 282 g/mol. The van der Waals surface area contributed by atoms with E-state index in [0.29, 0.717) is 0 Å². The summed E-state index contributed by atoms with van der Waals surface area (Å²) in [6.45, 7) is 2.81. The van der Waals surface area contributed by atoms with Crippen LogP contribution in [0.1, 0.15) is 31.2 Å². The van der Waals surface area contributed by atoms with Crippen LogP contribution < -0.4 is 0 Å². The van der Waals surface area contributed by atoms with Crippen LogP contribution in [0.25, 0.3) is 11.0 Å². The van der Waals surface area contributed by atoms with E-state index in [2.05, 4.69) is 32.1 Å². The smallest absolute Gasteiger partial charge is 0.160 e. The van der Waals surface area contributed by atoms with Gasteiger partial charge in [0, 0.05) is 16.5 Å². The highest BCUT2D eigenvalue weighted by Gasteiger charge is 2.19. The molecule has 0 spiro atoms. The monoisotopic (exact) mass is 295 g/mol. The lowest BCUT2D eigenvalue weighted by Crippen LogP contribution is -2.19. The van der Waals surface area contributed by atoms with Crippen molar-refractivity contribution in [3.63, 3.8) is 0 Å². The van der Waals surface area contributed by atoms with Gasteiger partial charge in [-0.3, -0.25) is 0 Å². The molecule has 0 saturated carbocycles. The second-order valence-corrected chi connectivity index (χ2v) is 5.23. The van der Waals surface area contributed by atoms with Crippen LogP contribution in [0.4, 0.5) is 0 Å². The molecule has 4 nitrogen and oxygen atoms in total. The number of nitrogens with zero attached hydrogens (tertiary/aromatic N) is 3. The molecule has 2 aromatic heterocycles. The molecule has 1 fully saturated rings. The van der Waals surface area contributed by atoms with E-state index in [1.165, 1.54) is 6.42 Å². The van der Waals surface area contributed by atoms with Crippen LogP contribution in [0.15, 0.2) is 16.7 Å². The molecule has 0 radical (unpaired) electrons. The maximum absolute atomic E-state index is 5.75. The number of ether oxygens (including phenoxy) is 1. The van der Waals surface area contributed by atoms with Crippen LogP contribution in [-0.2, 0) is 4.74 Å². The zero-order chi connectivity index (χ0) is 11.8. The van der Waals surface area contributed by atoms with Gasteiger partial charge in [-0.25, -0.2) is 9.67 Å².